The van der Waals surface area contributed by atoms with Crippen LogP contribution in [-0.2, 0) is 0 Å². The van der Waals surface area contributed by atoms with Gasteiger partial charge >= 0.3 is 0 Å². The first-order valence-corrected chi connectivity index (χ1v) is 6.47. The summed E-state index contributed by atoms with van der Waals surface area (Å²) in [5, 5.41) is 3.32. The maximum absolute atomic E-state index is 12.2. The van der Waals surface area contributed by atoms with Crippen molar-refractivity contribution in [2.75, 3.05) is 18.2 Å². The second-order valence-electron chi connectivity index (χ2n) is 4.01. The smallest absolute Gasteiger partial charge is 0.259 e. The molecule has 20 heavy (non-hydrogen) atoms. The van der Waals surface area contributed by atoms with Gasteiger partial charge in [0.2, 0.25) is 0 Å². The number of carbonyl (C=O) groups is 1. The summed E-state index contributed by atoms with van der Waals surface area (Å²) < 4.78 is 5.14. The van der Waals surface area contributed by atoms with Gasteiger partial charge in [-0.2, -0.15) is 0 Å². The average Bonchev–Trinajstić information content (AvgIpc) is 2.44. The van der Waals surface area contributed by atoms with Gasteiger partial charge in [0, 0.05) is 0 Å². The van der Waals surface area contributed by atoms with Gasteiger partial charge in [0.15, 0.2) is 0 Å². The third kappa shape index (κ3) is 2.98. The number of amides is 1. The number of ether oxygens (including phenoxy) is 1. The minimum absolute atomic E-state index is 0.315. The van der Waals surface area contributed by atoms with E-state index >= 15 is 0 Å². The molecular formula is C14H12Cl2N2O2. The highest BCUT2D eigenvalue weighted by Crippen LogP contribution is 2.31. The molecule has 1 amide bonds. The number of methoxy groups -OCH3 is 1. The maximum Gasteiger partial charge on any atom is 0.259 e. The molecule has 0 aliphatic rings. The minimum atomic E-state index is -0.342. The maximum atomic E-state index is 12.2. The molecule has 0 fully saturated rings. The lowest BCUT2D eigenvalue weighted by Crippen LogP contribution is -2.13. The molecule has 0 unspecified atom stereocenters. The van der Waals surface area contributed by atoms with Crippen LogP contribution in [0.4, 0.5) is 11.4 Å². The molecule has 104 valence electrons. The van der Waals surface area contributed by atoms with Gasteiger partial charge in [-0.25, -0.2) is 0 Å². The fourth-order valence-electron chi connectivity index (χ4n) is 1.68. The molecule has 0 saturated heterocycles. The SMILES string of the molecule is COc1ccccc1C(=O)Nc1cc(Cl)c(N)cc1Cl. The first-order chi connectivity index (χ1) is 9.52. The van der Waals surface area contributed by atoms with E-state index in [0.717, 1.165) is 0 Å². The van der Waals surface area contributed by atoms with Gasteiger partial charge in [0.25, 0.3) is 5.91 Å². The first kappa shape index (κ1) is 14.5. The zero-order chi connectivity index (χ0) is 14.7. The summed E-state index contributed by atoms with van der Waals surface area (Å²) in [6.45, 7) is 0. The van der Waals surface area contributed by atoms with Crippen molar-refractivity contribution in [2.24, 2.45) is 0 Å². The number of benzene rings is 2. The molecule has 0 aliphatic heterocycles. The van der Waals surface area contributed by atoms with E-state index in [1.54, 1.807) is 24.3 Å². The fraction of sp³-hybridized carbons (Fsp3) is 0.0714. The highest BCUT2D eigenvalue weighted by atomic mass is 35.5. The number of hydrogen-bond donors (Lipinski definition) is 2. The van der Waals surface area contributed by atoms with E-state index in [1.807, 2.05) is 0 Å². The van der Waals surface area contributed by atoms with Gasteiger partial charge in [0.05, 0.1) is 34.1 Å². The van der Waals surface area contributed by atoms with Crippen LogP contribution in [0.15, 0.2) is 36.4 Å². The monoisotopic (exact) mass is 310 g/mol. The lowest BCUT2D eigenvalue weighted by Gasteiger charge is -2.11. The van der Waals surface area contributed by atoms with Gasteiger partial charge < -0.3 is 15.8 Å². The number of nitrogens with one attached hydrogen (secondary N) is 1. The Morgan fingerprint density at radius 2 is 1.90 bits per heavy atom. The Balaban J connectivity index is 2.30. The molecule has 6 heteroatoms. The van der Waals surface area contributed by atoms with Crippen LogP contribution in [0.5, 0.6) is 5.75 Å². The summed E-state index contributed by atoms with van der Waals surface area (Å²) in [5.74, 6) is 0.132. The zero-order valence-electron chi connectivity index (χ0n) is 10.6. The van der Waals surface area contributed by atoms with E-state index in [0.29, 0.717) is 32.7 Å². The van der Waals surface area contributed by atoms with E-state index in [9.17, 15) is 4.79 Å². The van der Waals surface area contributed by atoms with Crippen molar-refractivity contribution in [3.8, 4) is 5.75 Å². The van der Waals surface area contributed by atoms with E-state index in [-0.39, 0.29) is 5.91 Å². The van der Waals surface area contributed by atoms with Crippen LogP contribution in [0.3, 0.4) is 0 Å². The Hall–Kier alpha value is -1.91. The van der Waals surface area contributed by atoms with E-state index < -0.39 is 0 Å². The van der Waals surface area contributed by atoms with Gasteiger partial charge in [-0.3, -0.25) is 4.79 Å². The molecule has 2 aromatic rings. The van der Waals surface area contributed by atoms with Crippen molar-refractivity contribution in [1.29, 1.82) is 0 Å². The minimum Gasteiger partial charge on any atom is -0.496 e. The van der Waals surface area contributed by atoms with Gasteiger partial charge in [-0.05, 0) is 24.3 Å². The van der Waals surface area contributed by atoms with Crippen LogP contribution in [0.1, 0.15) is 10.4 Å². The molecule has 2 aromatic carbocycles. The molecule has 0 atom stereocenters. The van der Waals surface area contributed by atoms with E-state index in [1.165, 1.54) is 19.2 Å². The number of hydrogen-bond acceptors (Lipinski definition) is 3. The molecule has 0 radical (unpaired) electrons. The van der Waals surface area contributed by atoms with Crippen LogP contribution in [0, 0.1) is 0 Å². The van der Waals surface area contributed by atoms with Crippen molar-refractivity contribution in [3.63, 3.8) is 0 Å². The second kappa shape index (κ2) is 6.03. The van der Waals surface area contributed by atoms with Crippen molar-refractivity contribution in [1.82, 2.24) is 0 Å². The summed E-state index contributed by atoms with van der Waals surface area (Å²) in [7, 11) is 1.50. The lowest BCUT2D eigenvalue weighted by atomic mass is 10.2. The average molecular weight is 311 g/mol. The van der Waals surface area contributed by atoms with Crippen LogP contribution in [0.25, 0.3) is 0 Å². The molecule has 3 N–H and O–H groups in total. The third-order valence-corrected chi connectivity index (χ3v) is 3.33. The molecule has 0 spiro atoms. The number of nitrogens with two attached hydrogens (primary N) is 1. The molecule has 2 rings (SSSR count). The summed E-state index contributed by atoms with van der Waals surface area (Å²) in [5.41, 5.74) is 6.77. The van der Waals surface area contributed by atoms with Crippen LogP contribution in [-0.4, -0.2) is 13.0 Å². The van der Waals surface area contributed by atoms with Crippen molar-refractivity contribution in [2.45, 2.75) is 0 Å². The van der Waals surface area contributed by atoms with Crippen molar-refractivity contribution >= 4 is 40.5 Å². The van der Waals surface area contributed by atoms with Crippen LogP contribution < -0.4 is 15.8 Å². The fourth-order valence-corrected chi connectivity index (χ4v) is 2.06. The highest BCUT2D eigenvalue weighted by molar-refractivity contribution is 6.37. The van der Waals surface area contributed by atoms with Crippen molar-refractivity contribution < 1.29 is 9.53 Å². The van der Waals surface area contributed by atoms with Crippen molar-refractivity contribution in [3.05, 3.63) is 52.0 Å². The van der Waals surface area contributed by atoms with E-state index in [2.05, 4.69) is 5.32 Å². The molecule has 0 saturated carbocycles. The Morgan fingerprint density at radius 3 is 2.60 bits per heavy atom. The topological polar surface area (TPSA) is 64.3 Å². The summed E-state index contributed by atoms with van der Waals surface area (Å²) in [6, 6.07) is 9.87. The Bertz CT molecular complexity index is 660. The number of para-hydroxylation sites is 1. The molecule has 0 heterocycles. The molecule has 4 nitrogen and oxygen atoms in total. The predicted octanol–water partition coefficient (Wildman–Crippen LogP) is 3.84. The zero-order valence-corrected chi connectivity index (χ0v) is 12.1. The third-order valence-electron chi connectivity index (χ3n) is 2.69. The predicted molar refractivity (Wildman–Crippen MR) is 81.8 cm³/mol. The normalized spacial score (nSPS) is 10.2. The lowest BCUT2D eigenvalue weighted by molar-refractivity contribution is 0.102. The second-order valence-corrected chi connectivity index (χ2v) is 4.82. The first-order valence-electron chi connectivity index (χ1n) is 5.72. The van der Waals surface area contributed by atoms with Gasteiger partial charge in [-0.1, -0.05) is 35.3 Å². The van der Waals surface area contributed by atoms with Crippen LogP contribution in [0.2, 0.25) is 10.0 Å². The molecule has 0 aromatic heterocycles. The quantitative estimate of drug-likeness (QED) is 0.847. The largest absolute Gasteiger partial charge is 0.496 e. The van der Waals surface area contributed by atoms with Gasteiger partial charge in [-0.15, -0.1) is 0 Å². The van der Waals surface area contributed by atoms with E-state index in [4.69, 9.17) is 33.7 Å². The molecule has 0 aliphatic carbocycles. The Morgan fingerprint density at radius 1 is 1.20 bits per heavy atom. The van der Waals surface area contributed by atoms with Crippen LogP contribution >= 0.6 is 23.2 Å². The standard InChI is InChI=1S/C14H12Cl2N2O2/c1-20-13-5-3-2-4-8(13)14(19)18-12-7-9(15)11(17)6-10(12)16/h2-7H,17H2,1H3,(H,18,19). The summed E-state index contributed by atoms with van der Waals surface area (Å²) in [4.78, 5) is 12.2. The van der Waals surface area contributed by atoms with Gasteiger partial charge in [0.1, 0.15) is 5.75 Å². The number of rotatable bonds is 3. The summed E-state index contributed by atoms with van der Waals surface area (Å²) in [6.07, 6.45) is 0. The Kier molecular flexibility index (Phi) is 4.37. The molecule has 0 bridgehead atoms. The number of anilines is 2. The Labute approximate surface area is 126 Å². The highest BCUT2D eigenvalue weighted by Gasteiger charge is 2.14. The summed E-state index contributed by atoms with van der Waals surface area (Å²) >= 11 is 11.9. The number of carbonyl (C=O) groups excluding carboxylic acids is 1. The number of nitrogen functional groups attached to an aromatic ring is 1. The molecular weight excluding hydrogens is 299 g/mol. The number of halogens is 2.